The average Bonchev–Trinajstić information content (AvgIpc) is 2.76. The fourth-order valence-electron chi connectivity index (χ4n) is 3.59. The highest BCUT2D eigenvalue weighted by Gasteiger charge is 2.16. The summed E-state index contributed by atoms with van der Waals surface area (Å²) >= 11 is 3.42. The summed E-state index contributed by atoms with van der Waals surface area (Å²) in [5.74, 6) is 1.32. The van der Waals surface area contributed by atoms with Crippen LogP contribution in [-0.4, -0.2) is 27.7 Å². The van der Waals surface area contributed by atoms with Crippen molar-refractivity contribution in [1.82, 2.24) is 14.5 Å². The molecule has 0 unspecified atom stereocenters. The van der Waals surface area contributed by atoms with Gasteiger partial charge in [0.2, 0.25) is 0 Å². The first-order valence-electron chi connectivity index (χ1n) is 9.36. The van der Waals surface area contributed by atoms with Gasteiger partial charge in [0, 0.05) is 10.7 Å². The molecule has 3 heterocycles. The molecule has 4 aromatic rings. The number of rotatable bonds is 3. The van der Waals surface area contributed by atoms with Crippen LogP contribution in [0.5, 0.6) is 11.5 Å². The molecule has 150 valence electrons. The Morgan fingerprint density at radius 1 is 1.00 bits per heavy atom. The Morgan fingerprint density at radius 3 is 2.57 bits per heavy atom. The maximum atomic E-state index is 12.7. The van der Waals surface area contributed by atoms with Gasteiger partial charge >= 0.3 is 5.69 Å². The number of H-pyrrole nitrogens is 1. The van der Waals surface area contributed by atoms with Gasteiger partial charge in [0.15, 0.2) is 11.5 Å². The maximum absolute atomic E-state index is 12.7. The van der Waals surface area contributed by atoms with Crippen LogP contribution in [0.3, 0.4) is 0 Å². The standard InChI is InChI=1S/C22H16BrN3O4/c23-15-4-2-14(3-5-15)16-7-8-24-20-19(16)21(27)25-22(28)26(20)12-13-1-6-17-18(11-13)30-10-9-29-17/h1-8,11H,9-10,12H2,(H,25,27,28). The van der Waals surface area contributed by atoms with Crippen molar-refractivity contribution in [2.45, 2.75) is 6.54 Å². The van der Waals surface area contributed by atoms with Gasteiger partial charge in [-0.05, 0) is 47.0 Å². The Balaban J connectivity index is 1.66. The molecule has 1 aliphatic heterocycles. The number of halogens is 1. The Morgan fingerprint density at radius 2 is 1.77 bits per heavy atom. The summed E-state index contributed by atoms with van der Waals surface area (Å²) in [6.45, 7) is 1.23. The quantitative estimate of drug-likeness (QED) is 0.501. The lowest BCUT2D eigenvalue weighted by atomic mass is 10.0. The second-order valence-electron chi connectivity index (χ2n) is 6.89. The predicted molar refractivity (Wildman–Crippen MR) is 116 cm³/mol. The van der Waals surface area contributed by atoms with Gasteiger partial charge in [0.25, 0.3) is 5.56 Å². The summed E-state index contributed by atoms with van der Waals surface area (Å²) in [5.41, 5.74) is 1.78. The summed E-state index contributed by atoms with van der Waals surface area (Å²) in [6, 6.07) is 14.9. The minimum Gasteiger partial charge on any atom is -0.486 e. The summed E-state index contributed by atoms with van der Waals surface area (Å²) in [4.78, 5) is 32.1. The Hall–Kier alpha value is -3.39. The van der Waals surface area contributed by atoms with Crippen LogP contribution < -0.4 is 20.7 Å². The van der Waals surface area contributed by atoms with E-state index in [4.69, 9.17) is 9.47 Å². The number of hydrogen-bond donors (Lipinski definition) is 1. The second kappa shape index (κ2) is 7.46. The van der Waals surface area contributed by atoms with E-state index in [0.29, 0.717) is 41.3 Å². The van der Waals surface area contributed by atoms with Crippen molar-refractivity contribution in [2.75, 3.05) is 13.2 Å². The van der Waals surface area contributed by atoms with E-state index < -0.39 is 11.2 Å². The average molecular weight is 466 g/mol. The molecule has 0 bridgehead atoms. The fraction of sp³-hybridized carbons (Fsp3) is 0.136. The molecule has 0 atom stereocenters. The van der Waals surface area contributed by atoms with E-state index in [1.807, 2.05) is 42.5 Å². The Labute approximate surface area is 179 Å². The molecule has 5 rings (SSSR count). The molecule has 0 saturated carbocycles. The molecular formula is C22H16BrN3O4. The molecule has 0 saturated heterocycles. The number of ether oxygens (including phenoxy) is 2. The maximum Gasteiger partial charge on any atom is 0.330 e. The lowest BCUT2D eigenvalue weighted by Gasteiger charge is -2.19. The van der Waals surface area contributed by atoms with Gasteiger partial charge in [-0.3, -0.25) is 14.3 Å². The van der Waals surface area contributed by atoms with Gasteiger partial charge in [-0.1, -0.05) is 34.1 Å². The number of benzene rings is 2. The van der Waals surface area contributed by atoms with Crippen LogP contribution in [0.15, 0.2) is 68.8 Å². The lowest BCUT2D eigenvalue weighted by molar-refractivity contribution is 0.171. The van der Waals surface area contributed by atoms with Crippen molar-refractivity contribution < 1.29 is 9.47 Å². The molecule has 0 radical (unpaired) electrons. The summed E-state index contributed by atoms with van der Waals surface area (Å²) < 4.78 is 13.6. The molecule has 2 aromatic heterocycles. The van der Waals surface area contributed by atoms with E-state index in [9.17, 15) is 9.59 Å². The monoisotopic (exact) mass is 465 g/mol. The van der Waals surface area contributed by atoms with Crippen molar-refractivity contribution >= 4 is 27.0 Å². The molecule has 0 fully saturated rings. The minimum atomic E-state index is -0.511. The number of nitrogens with zero attached hydrogens (tertiary/aromatic N) is 2. The molecule has 0 amide bonds. The van der Waals surface area contributed by atoms with E-state index >= 15 is 0 Å². The van der Waals surface area contributed by atoms with E-state index in [1.165, 1.54) is 4.57 Å². The van der Waals surface area contributed by atoms with Crippen LogP contribution in [0.4, 0.5) is 0 Å². The van der Waals surface area contributed by atoms with Crippen molar-refractivity contribution in [3.8, 4) is 22.6 Å². The lowest BCUT2D eigenvalue weighted by Crippen LogP contribution is -2.31. The van der Waals surface area contributed by atoms with Gasteiger partial charge < -0.3 is 9.47 Å². The third-order valence-corrected chi connectivity index (χ3v) is 5.51. The molecule has 30 heavy (non-hydrogen) atoms. The van der Waals surface area contributed by atoms with Crippen LogP contribution in [0.25, 0.3) is 22.2 Å². The zero-order valence-corrected chi connectivity index (χ0v) is 17.3. The highest BCUT2D eigenvalue weighted by molar-refractivity contribution is 9.10. The van der Waals surface area contributed by atoms with Gasteiger partial charge in [-0.25, -0.2) is 9.78 Å². The van der Waals surface area contributed by atoms with Crippen LogP contribution >= 0.6 is 15.9 Å². The molecule has 2 aromatic carbocycles. The van der Waals surface area contributed by atoms with Crippen molar-refractivity contribution in [2.24, 2.45) is 0 Å². The smallest absolute Gasteiger partial charge is 0.330 e. The van der Waals surface area contributed by atoms with Crippen LogP contribution in [-0.2, 0) is 6.54 Å². The van der Waals surface area contributed by atoms with Crippen molar-refractivity contribution in [3.05, 3.63) is 85.6 Å². The highest BCUT2D eigenvalue weighted by Crippen LogP contribution is 2.31. The first-order chi connectivity index (χ1) is 14.6. The molecule has 0 spiro atoms. The summed E-state index contributed by atoms with van der Waals surface area (Å²) in [7, 11) is 0. The largest absolute Gasteiger partial charge is 0.486 e. The number of nitrogens with one attached hydrogen (secondary N) is 1. The number of aromatic nitrogens is 3. The summed E-state index contributed by atoms with van der Waals surface area (Å²) in [5, 5.41) is 0.372. The first kappa shape index (κ1) is 18.6. The SMILES string of the molecule is O=c1[nH]c(=O)n(Cc2ccc3c(c2)OCCO3)c2nccc(-c3ccc(Br)cc3)c12. The third kappa shape index (κ3) is 3.29. The second-order valence-corrected chi connectivity index (χ2v) is 7.80. The number of pyridine rings is 1. The van der Waals surface area contributed by atoms with Crippen LogP contribution in [0.2, 0.25) is 0 Å². The Kier molecular flexibility index (Phi) is 4.63. The Bertz CT molecular complexity index is 1380. The minimum absolute atomic E-state index is 0.236. The van der Waals surface area contributed by atoms with Crippen LogP contribution in [0, 0.1) is 0 Å². The zero-order valence-electron chi connectivity index (χ0n) is 15.7. The van der Waals surface area contributed by atoms with Gasteiger partial charge in [-0.15, -0.1) is 0 Å². The van der Waals surface area contributed by atoms with Crippen molar-refractivity contribution in [3.63, 3.8) is 0 Å². The van der Waals surface area contributed by atoms with Gasteiger partial charge in [-0.2, -0.15) is 0 Å². The molecule has 7 nitrogen and oxygen atoms in total. The van der Waals surface area contributed by atoms with E-state index in [-0.39, 0.29) is 6.54 Å². The predicted octanol–water partition coefficient (Wildman–Crippen LogP) is 3.33. The van der Waals surface area contributed by atoms with Gasteiger partial charge in [0.05, 0.1) is 11.9 Å². The van der Waals surface area contributed by atoms with E-state index in [1.54, 1.807) is 12.3 Å². The first-order valence-corrected chi connectivity index (χ1v) is 10.2. The van der Waals surface area contributed by atoms with Gasteiger partial charge in [0.1, 0.15) is 18.9 Å². The molecule has 1 aliphatic rings. The normalized spacial score (nSPS) is 12.8. The van der Waals surface area contributed by atoms with Crippen LogP contribution in [0.1, 0.15) is 5.56 Å². The molecule has 1 N–H and O–H groups in total. The highest BCUT2D eigenvalue weighted by atomic mass is 79.9. The third-order valence-electron chi connectivity index (χ3n) is 4.98. The number of fused-ring (bicyclic) bond motifs is 2. The van der Waals surface area contributed by atoms with E-state index in [0.717, 1.165) is 15.6 Å². The molecular weight excluding hydrogens is 450 g/mol. The fourth-order valence-corrected chi connectivity index (χ4v) is 3.85. The van der Waals surface area contributed by atoms with E-state index in [2.05, 4.69) is 25.9 Å². The molecule has 0 aliphatic carbocycles. The van der Waals surface area contributed by atoms with Crippen molar-refractivity contribution in [1.29, 1.82) is 0 Å². The zero-order chi connectivity index (χ0) is 20.7. The number of aromatic amines is 1. The number of hydrogen-bond acceptors (Lipinski definition) is 5. The topological polar surface area (TPSA) is 86.2 Å². The summed E-state index contributed by atoms with van der Waals surface area (Å²) in [6.07, 6.45) is 1.61. The molecule has 8 heteroatoms.